The molecule has 0 aliphatic carbocycles. The van der Waals surface area contributed by atoms with Gasteiger partial charge in [0.1, 0.15) is 5.75 Å². The molecule has 1 amide bonds. The number of hydrogen-bond acceptors (Lipinski definition) is 7. The SMILES string of the molecule is CCCC(=O)N1CCN2[C@H](CN(Cc3cc(-n4nnnc4C(F)(F)F)ccc3OC)C[C@H]2C(c2ccccc2)c2ccccc2)C1. The van der Waals surface area contributed by atoms with Crippen LogP contribution in [0.5, 0.6) is 5.75 Å². The summed E-state index contributed by atoms with van der Waals surface area (Å²) in [6, 6.07) is 26.0. The van der Waals surface area contributed by atoms with Gasteiger partial charge in [-0.2, -0.15) is 17.9 Å². The van der Waals surface area contributed by atoms with E-state index in [0.717, 1.165) is 18.5 Å². The second-order valence-corrected chi connectivity index (χ2v) is 12.0. The summed E-state index contributed by atoms with van der Waals surface area (Å²) in [7, 11) is 1.55. The number of halogens is 3. The number of aromatic nitrogens is 4. The van der Waals surface area contributed by atoms with Crippen molar-refractivity contribution in [3.63, 3.8) is 0 Å². The minimum Gasteiger partial charge on any atom is -0.496 e. The van der Waals surface area contributed by atoms with Gasteiger partial charge in [-0.15, -0.1) is 5.10 Å². The standard InChI is InChI=1S/C34H38F3N7O2/c1-3-10-31(45)42-17-18-43-28(22-42)21-41(23-29(43)32(24-11-6-4-7-12-24)25-13-8-5-9-14-25)20-26-19-27(15-16-30(26)46-2)44-33(34(35,36)37)38-39-40-44/h4-9,11-16,19,28-29,32H,3,10,17-18,20-23H2,1-2H3/t28-,29+/m1/s1. The molecule has 242 valence electrons. The first kappa shape index (κ1) is 31.7. The van der Waals surface area contributed by atoms with Crippen molar-refractivity contribution in [2.75, 3.05) is 39.8 Å². The Morgan fingerprint density at radius 2 is 1.65 bits per heavy atom. The number of rotatable bonds is 9. The molecule has 0 unspecified atom stereocenters. The Balaban J connectivity index is 1.37. The lowest BCUT2D eigenvalue weighted by atomic mass is 9.81. The Morgan fingerprint density at radius 1 is 0.957 bits per heavy atom. The Hall–Kier alpha value is -4.29. The molecule has 2 fully saturated rings. The average Bonchev–Trinajstić information content (AvgIpc) is 3.57. The largest absolute Gasteiger partial charge is 0.496 e. The molecular formula is C34H38F3N7O2. The number of piperazine rings is 2. The molecule has 0 saturated carbocycles. The van der Waals surface area contributed by atoms with Crippen LogP contribution in [0.3, 0.4) is 0 Å². The molecule has 0 N–H and O–H groups in total. The van der Waals surface area contributed by atoms with Crippen LogP contribution in [-0.4, -0.2) is 92.7 Å². The molecule has 2 aliphatic rings. The highest BCUT2D eigenvalue weighted by atomic mass is 19.4. The number of hydrogen-bond donors (Lipinski definition) is 0. The maximum atomic E-state index is 13.7. The number of benzene rings is 3. The van der Waals surface area contributed by atoms with Gasteiger partial charge in [-0.25, -0.2) is 0 Å². The smallest absolute Gasteiger partial charge is 0.453 e. The third kappa shape index (κ3) is 6.63. The van der Waals surface area contributed by atoms with E-state index in [1.54, 1.807) is 19.2 Å². The van der Waals surface area contributed by atoms with Gasteiger partial charge in [0.15, 0.2) is 0 Å². The molecule has 46 heavy (non-hydrogen) atoms. The topological polar surface area (TPSA) is 79.6 Å². The number of ether oxygens (including phenoxy) is 1. The highest BCUT2D eigenvalue weighted by molar-refractivity contribution is 5.76. The first-order valence-electron chi connectivity index (χ1n) is 15.7. The zero-order chi connectivity index (χ0) is 32.3. The summed E-state index contributed by atoms with van der Waals surface area (Å²) in [6.07, 6.45) is -3.38. The lowest BCUT2D eigenvalue weighted by Crippen LogP contribution is -2.67. The van der Waals surface area contributed by atoms with E-state index in [1.165, 1.54) is 17.2 Å². The van der Waals surface area contributed by atoms with E-state index in [1.807, 2.05) is 24.0 Å². The van der Waals surface area contributed by atoms with Crippen LogP contribution in [0.25, 0.3) is 5.69 Å². The van der Waals surface area contributed by atoms with E-state index in [0.29, 0.717) is 49.6 Å². The van der Waals surface area contributed by atoms with Crippen LogP contribution in [0.4, 0.5) is 13.2 Å². The average molecular weight is 634 g/mol. The third-order valence-corrected chi connectivity index (χ3v) is 9.01. The normalized spacial score (nSPS) is 19.3. The monoisotopic (exact) mass is 633 g/mol. The Morgan fingerprint density at radius 3 is 2.28 bits per heavy atom. The number of amides is 1. The van der Waals surface area contributed by atoms with Gasteiger partial charge in [-0.05, 0) is 46.2 Å². The first-order valence-corrected chi connectivity index (χ1v) is 15.7. The summed E-state index contributed by atoms with van der Waals surface area (Å²) in [4.78, 5) is 19.9. The molecule has 0 bridgehead atoms. The van der Waals surface area contributed by atoms with Crippen LogP contribution in [-0.2, 0) is 17.5 Å². The highest BCUT2D eigenvalue weighted by Gasteiger charge is 2.43. The molecule has 12 heteroatoms. The van der Waals surface area contributed by atoms with Crippen molar-refractivity contribution in [2.45, 2.75) is 50.5 Å². The molecule has 0 radical (unpaired) electrons. The highest BCUT2D eigenvalue weighted by Crippen LogP contribution is 2.37. The second-order valence-electron chi connectivity index (χ2n) is 12.0. The van der Waals surface area contributed by atoms with Crippen molar-refractivity contribution in [1.29, 1.82) is 0 Å². The van der Waals surface area contributed by atoms with E-state index < -0.39 is 12.0 Å². The molecule has 6 rings (SSSR count). The summed E-state index contributed by atoms with van der Waals surface area (Å²) in [5.41, 5.74) is 3.34. The maximum Gasteiger partial charge on any atom is 0.453 e. The fraction of sp³-hybridized carbons (Fsp3) is 0.412. The summed E-state index contributed by atoms with van der Waals surface area (Å²) in [6.45, 7) is 5.93. The van der Waals surface area contributed by atoms with E-state index in [9.17, 15) is 18.0 Å². The lowest BCUT2D eigenvalue weighted by Gasteiger charge is -2.53. The number of carbonyl (C=O) groups is 1. The quantitative estimate of drug-likeness (QED) is 0.256. The summed E-state index contributed by atoms with van der Waals surface area (Å²) in [5.74, 6) is -0.385. The van der Waals surface area contributed by atoms with Gasteiger partial charge in [0.2, 0.25) is 5.91 Å². The summed E-state index contributed by atoms with van der Waals surface area (Å²) >= 11 is 0. The van der Waals surface area contributed by atoms with Gasteiger partial charge in [0.05, 0.1) is 12.8 Å². The zero-order valence-electron chi connectivity index (χ0n) is 26.0. The van der Waals surface area contributed by atoms with Crippen molar-refractivity contribution in [2.24, 2.45) is 0 Å². The maximum absolute atomic E-state index is 13.7. The number of methoxy groups -OCH3 is 1. The molecule has 1 aromatic heterocycles. The molecule has 3 aromatic carbocycles. The van der Waals surface area contributed by atoms with Crippen molar-refractivity contribution in [3.8, 4) is 11.4 Å². The number of carbonyl (C=O) groups excluding carboxylic acids is 1. The minimum absolute atomic E-state index is 0.0643. The number of tetrazole rings is 1. The first-order chi connectivity index (χ1) is 22.3. The van der Waals surface area contributed by atoms with Crippen molar-refractivity contribution < 1.29 is 22.7 Å². The fourth-order valence-corrected chi connectivity index (χ4v) is 6.99. The van der Waals surface area contributed by atoms with E-state index >= 15 is 0 Å². The van der Waals surface area contributed by atoms with Crippen molar-refractivity contribution >= 4 is 5.91 Å². The lowest BCUT2D eigenvalue weighted by molar-refractivity contribution is -0.146. The van der Waals surface area contributed by atoms with Crippen molar-refractivity contribution in [3.05, 3.63) is 101 Å². The van der Waals surface area contributed by atoms with Crippen LogP contribution in [0.1, 0.15) is 48.2 Å². The van der Waals surface area contributed by atoms with E-state index in [4.69, 9.17) is 4.74 Å². The van der Waals surface area contributed by atoms with Gasteiger partial charge >= 0.3 is 6.18 Å². The van der Waals surface area contributed by atoms with Gasteiger partial charge in [0.25, 0.3) is 5.82 Å². The molecule has 2 saturated heterocycles. The molecular weight excluding hydrogens is 595 g/mol. The van der Waals surface area contributed by atoms with Gasteiger partial charge in [-0.1, -0.05) is 67.6 Å². The zero-order valence-corrected chi connectivity index (χ0v) is 26.0. The van der Waals surface area contributed by atoms with Crippen LogP contribution in [0.15, 0.2) is 78.9 Å². The predicted molar refractivity (Wildman–Crippen MR) is 166 cm³/mol. The summed E-state index contributed by atoms with van der Waals surface area (Å²) < 4.78 is 47.3. The minimum atomic E-state index is -4.71. The van der Waals surface area contributed by atoms with E-state index in [2.05, 4.69) is 73.9 Å². The van der Waals surface area contributed by atoms with Crippen LogP contribution < -0.4 is 4.74 Å². The number of alkyl halides is 3. The summed E-state index contributed by atoms with van der Waals surface area (Å²) in [5, 5.41) is 10.1. The Bertz CT molecular complexity index is 1580. The molecule has 0 spiro atoms. The molecule has 4 aromatic rings. The van der Waals surface area contributed by atoms with Crippen LogP contribution >= 0.6 is 0 Å². The third-order valence-electron chi connectivity index (χ3n) is 9.01. The molecule has 2 aliphatic heterocycles. The predicted octanol–water partition coefficient (Wildman–Crippen LogP) is 5.02. The van der Waals surface area contributed by atoms with Crippen LogP contribution in [0, 0.1) is 0 Å². The molecule has 2 atom stereocenters. The molecule has 3 heterocycles. The number of nitrogens with zero attached hydrogens (tertiary/aromatic N) is 7. The second kappa shape index (κ2) is 13.6. The van der Waals surface area contributed by atoms with Gasteiger partial charge in [-0.3, -0.25) is 14.6 Å². The van der Waals surface area contributed by atoms with Gasteiger partial charge in [0, 0.05) is 69.3 Å². The molecule has 9 nitrogen and oxygen atoms in total. The Labute approximate surface area is 266 Å². The van der Waals surface area contributed by atoms with Crippen molar-refractivity contribution in [1.82, 2.24) is 34.9 Å². The Kier molecular flexibility index (Phi) is 9.37. The van der Waals surface area contributed by atoms with E-state index in [-0.39, 0.29) is 29.6 Å². The number of fused-ring (bicyclic) bond motifs is 1. The van der Waals surface area contributed by atoms with Gasteiger partial charge < -0.3 is 9.64 Å². The fourth-order valence-electron chi connectivity index (χ4n) is 6.99. The van der Waals surface area contributed by atoms with Crippen LogP contribution in [0.2, 0.25) is 0 Å².